The number of H-pyrrole nitrogens is 1. The molecule has 0 bridgehead atoms. The van der Waals surface area contributed by atoms with E-state index in [9.17, 15) is 0 Å². The topological polar surface area (TPSA) is 79.1 Å². The minimum Gasteiger partial charge on any atom is -0.404 e. The number of benzene rings is 1. The fourth-order valence-electron chi connectivity index (χ4n) is 3.13. The zero-order valence-corrected chi connectivity index (χ0v) is 16.0. The molecule has 5 nitrogen and oxygen atoms in total. The van der Waals surface area contributed by atoms with Crippen molar-refractivity contribution in [2.24, 2.45) is 10.7 Å². The molecule has 1 aliphatic heterocycles. The van der Waals surface area contributed by atoms with Crippen molar-refractivity contribution in [1.29, 1.82) is 0 Å². The van der Waals surface area contributed by atoms with E-state index in [2.05, 4.69) is 32.1 Å². The van der Waals surface area contributed by atoms with E-state index in [0.29, 0.717) is 11.1 Å². The zero-order valence-electron chi connectivity index (χ0n) is 15.2. The number of aliphatic imine (C=N–C) groups is 1. The lowest BCUT2D eigenvalue weighted by molar-refractivity contribution is 0.748. The van der Waals surface area contributed by atoms with E-state index in [-0.39, 0.29) is 0 Å². The largest absolute Gasteiger partial charge is 0.404 e. The maximum atomic E-state index is 6.19. The van der Waals surface area contributed by atoms with Crippen LogP contribution in [0.3, 0.4) is 0 Å². The second kappa shape index (κ2) is 8.30. The fraction of sp³-hybridized carbons (Fsp3) is 0.182. The van der Waals surface area contributed by atoms with E-state index in [4.69, 9.17) is 17.3 Å². The van der Waals surface area contributed by atoms with Gasteiger partial charge in [-0.05, 0) is 31.2 Å². The molecule has 1 atom stereocenters. The van der Waals surface area contributed by atoms with Gasteiger partial charge in [-0.25, -0.2) is 4.98 Å². The number of aromatic amines is 1. The van der Waals surface area contributed by atoms with Gasteiger partial charge < -0.3 is 16.0 Å². The first kappa shape index (κ1) is 18.3. The average Bonchev–Trinajstić information content (AvgIpc) is 3.37. The molecule has 0 saturated carbocycles. The smallest absolute Gasteiger partial charge is 0.138 e. The fourth-order valence-corrected chi connectivity index (χ4v) is 3.31. The molecule has 1 saturated heterocycles. The highest BCUT2D eigenvalue weighted by atomic mass is 35.5. The summed E-state index contributed by atoms with van der Waals surface area (Å²) in [6.45, 7) is 1.92. The first-order chi connectivity index (χ1) is 13.7. The van der Waals surface area contributed by atoms with Crippen LogP contribution < -0.4 is 11.1 Å². The van der Waals surface area contributed by atoms with Crippen molar-refractivity contribution in [3.05, 3.63) is 70.6 Å². The molecule has 140 valence electrons. The van der Waals surface area contributed by atoms with Crippen LogP contribution in [0.2, 0.25) is 5.02 Å². The van der Waals surface area contributed by atoms with Gasteiger partial charge >= 0.3 is 0 Å². The predicted octanol–water partition coefficient (Wildman–Crippen LogP) is 3.35. The molecule has 28 heavy (non-hydrogen) atoms. The number of nitrogens with two attached hydrogens (primary N) is 1. The Morgan fingerprint density at radius 1 is 1.29 bits per heavy atom. The summed E-state index contributed by atoms with van der Waals surface area (Å²) in [6.07, 6.45) is 8.10. The second-order valence-corrected chi connectivity index (χ2v) is 7.01. The van der Waals surface area contributed by atoms with Crippen molar-refractivity contribution in [3.8, 4) is 11.8 Å². The summed E-state index contributed by atoms with van der Waals surface area (Å²) in [5, 5.41) is 4.88. The molecule has 0 spiro atoms. The number of allylic oxidation sites excluding steroid dienone is 1. The summed E-state index contributed by atoms with van der Waals surface area (Å²) in [4.78, 5) is 12.3. The molecule has 4 N–H and O–H groups in total. The molecule has 4 rings (SSSR count). The minimum absolute atomic E-state index is 0.302. The molecule has 3 aromatic rings. The van der Waals surface area contributed by atoms with Gasteiger partial charge in [0.25, 0.3) is 0 Å². The second-order valence-electron chi connectivity index (χ2n) is 6.60. The summed E-state index contributed by atoms with van der Waals surface area (Å²) in [6, 6.07) is 9.88. The predicted molar refractivity (Wildman–Crippen MR) is 115 cm³/mol. The van der Waals surface area contributed by atoms with Crippen LogP contribution >= 0.6 is 11.6 Å². The van der Waals surface area contributed by atoms with Gasteiger partial charge in [0.1, 0.15) is 5.65 Å². The van der Waals surface area contributed by atoms with Gasteiger partial charge in [-0.1, -0.05) is 35.6 Å². The summed E-state index contributed by atoms with van der Waals surface area (Å²) in [5.74, 6) is 6.32. The van der Waals surface area contributed by atoms with Crippen molar-refractivity contribution < 1.29 is 0 Å². The van der Waals surface area contributed by atoms with E-state index < -0.39 is 0 Å². The highest BCUT2D eigenvalue weighted by Crippen LogP contribution is 2.21. The lowest BCUT2D eigenvalue weighted by Gasteiger charge is -2.04. The van der Waals surface area contributed by atoms with E-state index in [1.165, 1.54) is 0 Å². The van der Waals surface area contributed by atoms with Crippen LogP contribution in [0.5, 0.6) is 0 Å². The van der Waals surface area contributed by atoms with Gasteiger partial charge in [0, 0.05) is 53.4 Å². The first-order valence-electron chi connectivity index (χ1n) is 9.14. The molecular weight excluding hydrogens is 370 g/mol. The van der Waals surface area contributed by atoms with E-state index >= 15 is 0 Å². The molecule has 0 radical (unpaired) electrons. The van der Waals surface area contributed by atoms with Crippen molar-refractivity contribution >= 4 is 34.4 Å². The number of hydrogen-bond donors (Lipinski definition) is 3. The van der Waals surface area contributed by atoms with Gasteiger partial charge in [-0.15, -0.1) is 0 Å². The van der Waals surface area contributed by atoms with E-state index in [1.54, 1.807) is 12.4 Å². The Morgan fingerprint density at radius 3 is 2.93 bits per heavy atom. The van der Waals surface area contributed by atoms with Crippen LogP contribution in [-0.4, -0.2) is 35.3 Å². The van der Waals surface area contributed by atoms with Gasteiger partial charge in [0.05, 0.1) is 16.6 Å². The lowest BCUT2D eigenvalue weighted by Crippen LogP contribution is -2.11. The zero-order chi connectivity index (χ0) is 19.3. The Balaban J connectivity index is 1.65. The lowest BCUT2D eigenvalue weighted by atomic mass is 10.1. The van der Waals surface area contributed by atoms with Crippen LogP contribution in [0.15, 0.2) is 53.9 Å². The van der Waals surface area contributed by atoms with Crippen molar-refractivity contribution in [2.75, 3.05) is 13.1 Å². The van der Waals surface area contributed by atoms with Crippen LogP contribution in [0, 0.1) is 11.8 Å². The summed E-state index contributed by atoms with van der Waals surface area (Å²) in [5.41, 5.74) is 10.0. The summed E-state index contributed by atoms with van der Waals surface area (Å²) < 4.78 is 0. The third kappa shape index (κ3) is 3.94. The van der Waals surface area contributed by atoms with Gasteiger partial charge in [0.15, 0.2) is 0 Å². The third-order valence-electron chi connectivity index (χ3n) is 4.71. The summed E-state index contributed by atoms with van der Waals surface area (Å²) in [7, 11) is 0. The molecule has 1 aromatic carbocycles. The van der Waals surface area contributed by atoms with Crippen molar-refractivity contribution in [3.63, 3.8) is 0 Å². The highest BCUT2D eigenvalue weighted by Gasteiger charge is 2.12. The Hall–Kier alpha value is -3.07. The Labute approximate surface area is 168 Å². The van der Waals surface area contributed by atoms with Gasteiger partial charge in [-0.2, -0.15) is 0 Å². The molecule has 3 heterocycles. The van der Waals surface area contributed by atoms with Crippen molar-refractivity contribution in [1.82, 2.24) is 15.3 Å². The average molecular weight is 390 g/mol. The molecule has 2 aromatic heterocycles. The minimum atomic E-state index is 0.302. The van der Waals surface area contributed by atoms with Crippen LogP contribution in [0.4, 0.5) is 0 Å². The molecule has 1 fully saturated rings. The number of hydrogen-bond acceptors (Lipinski definition) is 4. The maximum Gasteiger partial charge on any atom is 0.138 e. The first-order valence-corrected chi connectivity index (χ1v) is 9.52. The Morgan fingerprint density at radius 2 is 2.14 bits per heavy atom. The number of rotatable bonds is 3. The molecule has 1 unspecified atom stereocenters. The summed E-state index contributed by atoms with van der Waals surface area (Å²) >= 11 is 6.19. The van der Waals surface area contributed by atoms with Gasteiger partial charge in [-0.3, -0.25) is 4.99 Å². The van der Waals surface area contributed by atoms with E-state index in [0.717, 1.165) is 52.8 Å². The number of aromatic nitrogens is 2. The molecule has 6 heteroatoms. The van der Waals surface area contributed by atoms with Crippen LogP contribution in [0.1, 0.15) is 23.1 Å². The number of fused-ring (bicyclic) bond motifs is 1. The normalized spacial score (nSPS) is 17.2. The molecule has 1 aliphatic rings. The standard InChI is InChI=1S/C22H20ClN5/c23-21-4-2-1-3-15(21)5-6-16-11-27-22-20(16)9-17(12-28-22)18(10-24)13-26-19-7-8-25-14-19/h1-4,9-13,19,25H,7-8,14,24H2,(H,27,28). The highest BCUT2D eigenvalue weighted by molar-refractivity contribution is 6.31. The van der Waals surface area contributed by atoms with Crippen LogP contribution in [-0.2, 0) is 0 Å². The monoisotopic (exact) mass is 389 g/mol. The van der Waals surface area contributed by atoms with Gasteiger partial charge in [0.2, 0.25) is 0 Å². The molecular formula is C22H20ClN5. The van der Waals surface area contributed by atoms with Crippen molar-refractivity contribution in [2.45, 2.75) is 12.5 Å². The quantitative estimate of drug-likeness (QED) is 0.474. The Kier molecular flexibility index (Phi) is 5.43. The molecule has 0 aliphatic carbocycles. The number of pyridine rings is 1. The van der Waals surface area contributed by atoms with Crippen LogP contribution in [0.25, 0.3) is 16.6 Å². The maximum absolute atomic E-state index is 6.19. The SMILES string of the molecule is NC=C(C=NC1CCNC1)c1cnc2[nH]cc(C#Cc3ccccc3Cl)c2c1. The third-order valence-corrected chi connectivity index (χ3v) is 5.04. The Bertz CT molecular complexity index is 1110. The van der Waals surface area contributed by atoms with E-state index in [1.807, 2.05) is 42.7 Å². The molecule has 0 amide bonds. The number of nitrogens with zero attached hydrogens (tertiary/aromatic N) is 2. The number of nitrogens with one attached hydrogen (secondary N) is 2. The number of halogens is 1.